The molecule has 1 unspecified atom stereocenters. The van der Waals surface area contributed by atoms with Crippen molar-refractivity contribution in [2.24, 2.45) is 5.41 Å². The fraction of sp³-hybridized carbons (Fsp3) is 0.278. The lowest BCUT2D eigenvalue weighted by atomic mass is 9.75. The zero-order valence-electron chi connectivity index (χ0n) is 11.8. The predicted octanol–water partition coefficient (Wildman–Crippen LogP) is 3.73. The minimum atomic E-state index is -0.809. The van der Waals surface area contributed by atoms with E-state index >= 15 is 0 Å². The molecule has 0 aliphatic carbocycles. The van der Waals surface area contributed by atoms with E-state index in [1.165, 1.54) is 0 Å². The summed E-state index contributed by atoms with van der Waals surface area (Å²) >= 11 is 0. The van der Waals surface area contributed by atoms with E-state index in [4.69, 9.17) is 0 Å². The summed E-state index contributed by atoms with van der Waals surface area (Å²) in [5, 5.41) is 20.0. The van der Waals surface area contributed by atoms with Crippen molar-refractivity contribution in [3.05, 3.63) is 71.8 Å². The zero-order valence-corrected chi connectivity index (χ0v) is 11.8. The summed E-state index contributed by atoms with van der Waals surface area (Å²) in [6.07, 6.45) is -0.766. The van der Waals surface area contributed by atoms with Gasteiger partial charge in [-0.25, -0.2) is 0 Å². The van der Waals surface area contributed by atoms with Gasteiger partial charge in [0.15, 0.2) is 0 Å². The highest BCUT2D eigenvalue weighted by atomic mass is 16.3. The lowest BCUT2D eigenvalue weighted by molar-refractivity contribution is 0.0713. The van der Waals surface area contributed by atoms with Gasteiger partial charge in [-0.05, 0) is 25.0 Å². The van der Waals surface area contributed by atoms with Crippen LogP contribution in [0, 0.1) is 16.7 Å². The minimum absolute atomic E-state index is 0.202. The van der Waals surface area contributed by atoms with Gasteiger partial charge < -0.3 is 5.11 Å². The van der Waals surface area contributed by atoms with Crippen molar-refractivity contribution in [1.82, 2.24) is 0 Å². The largest absolute Gasteiger partial charge is 0.390 e. The zero-order chi connectivity index (χ0) is 14.6. The second-order valence-corrected chi connectivity index (χ2v) is 5.58. The lowest BCUT2D eigenvalue weighted by Crippen LogP contribution is -2.34. The number of hydrogen-bond donors (Lipinski definition) is 1. The van der Waals surface area contributed by atoms with Gasteiger partial charge in [-0.3, -0.25) is 0 Å². The molecule has 102 valence electrons. The third kappa shape index (κ3) is 2.89. The second-order valence-electron chi connectivity index (χ2n) is 5.58. The van der Waals surface area contributed by atoms with E-state index in [9.17, 15) is 10.4 Å². The average molecular weight is 265 g/mol. The summed E-state index contributed by atoms with van der Waals surface area (Å²) in [4.78, 5) is 0. The molecule has 0 radical (unpaired) electrons. The molecule has 1 atom stereocenters. The van der Waals surface area contributed by atoms with Crippen molar-refractivity contribution in [3.8, 4) is 6.07 Å². The SMILES string of the molecule is CC(C)(C#N)C(O)C(c1ccccc1)c1ccccc1. The van der Waals surface area contributed by atoms with E-state index in [0.717, 1.165) is 11.1 Å². The summed E-state index contributed by atoms with van der Waals surface area (Å²) in [7, 11) is 0. The molecule has 20 heavy (non-hydrogen) atoms. The molecule has 1 N–H and O–H groups in total. The Hall–Kier alpha value is -2.11. The van der Waals surface area contributed by atoms with Crippen molar-refractivity contribution in [1.29, 1.82) is 5.26 Å². The molecular formula is C18H19NO. The Labute approximate surface area is 120 Å². The van der Waals surface area contributed by atoms with E-state index in [1.807, 2.05) is 60.7 Å². The van der Waals surface area contributed by atoms with Crippen LogP contribution in [0.1, 0.15) is 30.9 Å². The van der Waals surface area contributed by atoms with Gasteiger partial charge in [0, 0.05) is 5.92 Å². The molecule has 0 saturated heterocycles. The molecule has 2 aromatic carbocycles. The van der Waals surface area contributed by atoms with E-state index in [2.05, 4.69) is 6.07 Å². The van der Waals surface area contributed by atoms with Crippen molar-refractivity contribution in [3.63, 3.8) is 0 Å². The van der Waals surface area contributed by atoms with Gasteiger partial charge >= 0.3 is 0 Å². The first-order chi connectivity index (χ1) is 9.56. The Balaban J connectivity index is 2.49. The highest BCUT2D eigenvalue weighted by Gasteiger charge is 2.36. The van der Waals surface area contributed by atoms with Gasteiger partial charge in [-0.2, -0.15) is 5.26 Å². The van der Waals surface area contributed by atoms with Gasteiger partial charge in [-0.15, -0.1) is 0 Å². The first-order valence-electron chi connectivity index (χ1n) is 6.75. The molecule has 0 amide bonds. The highest BCUT2D eigenvalue weighted by molar-refractivity contribution is 5.35. The Kier molecular flexibility index (Phi) is 4.22. The maximum absolute atomic E-state index is 10.7. The standard InChI is InChI=1S/C18H19NO/c1-18(2,13-19)17(20)16(14-9-5-3-6-10-14)15-11-7-4-8-12-15/h3-12,16-17,20H,1-2H3. The molecule has 0 spiro atoms. The number of aliphatic hydroxyl groups is 1. The number of rotatable bonds is 4. The summed E-state index contributed by atoms with van der Waals surface area (Å²) in [5.74, 6) is -0.202. The molecule has 0 aliphatic rings. The first kappa shape index (κ1) is 14.3. The Bertz CT molecular complexity index is 544. The van der Waals surface area contributed by atoms with Gasteiger partial charge in [0.2, 0.25) is 0 Å². The van der Waals surface area contributed by atoms with Crippen LogP contribution in [0.15, 0.2) is 60.7 Å². The number of nitrogens with zero attached hydrogens (tertiary/aromatic N) is 1. The summed E-state index contributed by atoms with van der Waals surface area (Å²) in [6, 6.07) is 21.9. The topological polar surface area (TPSA) is 44.0 Å². The van der Waals surface area contributed by atoms with E-state index in [1.54, 1.807) is 13.8 Å². The monoisotopic (exact) mass is 265 g/mol. The molecule has 0 heterocycles. The fourth-order valence-electron chi connectivity index (χ4n) is 2.36. The fourth-order valence-corrected chi connectivity index (χ4v) is 2.36. The van der Waals surface area contributed by atoms with Crippen LogP contribution in [0.4, 0.5) is 0 Å². The molecule has 2 nitrogen and oxygen atoms in total. The van der Waals surface area contributed by atoms with E-state index in [-0.39, 0.29) is 5.92 Å². The van der Waals surface area contributed by atoms with Crippen molar-refractivity contribution in [2.45, 2.75) is 25.9 Å². The average Bonchev–Trinajstić information content (AvgIpc) is 2.49. The maximum atomic E-state index is 10.7. The molecule has 0 saturated carbocycles. The first-order valence-corrected chi connectivity index (χ1v) is 6.75. The Morgan fingerprint density at radius 2 is 1.30 bits per heavy atom. The molecule has 0 aliphatic heterocycles. The molecule has 2 heteroatoms. The molecule has 0 bridgehead atoms. The Morgan fingerprint density at radius 3 is 1.65 bits per heavy atom. The molecular weight excluding hydrogens is 246 g/mol. The minimum Gasteiger partial charge on any atom is -0.390 e. The molecule has 2 rings (SSSR count). The molecule has 0 aromatic heterocycles. The van der Waals surface area contributed by atoms with Crippen LogP contribution in [-0.4, -0.2) is 11.2 Å². The number of benzene rings is 2. The van der Waals surface area contributed by atoms with E-state index in [0.29, 0.717) is 0 Å². The summed E-state index contributed by atoms with van der Waals surface area (Å²) in [5.41, 5.74) is 1.24. The smallest absolute Gasteiger partial charge is 0.0829 e. The van der Waals surface area contributed by atoms with Gasteiger partial charge in [0.05, 0.1) is 17.6 Å². The van der Waals surface area contributed by atoms with Crippen LogP contribution >= 0.6 is 0 Å². The van der Waals surface area contributed by atoms with Crippen LogP contribution in [-0.2, 0) is 0 Å². The lowest BCUT2D eigenvalue weighted by Gasteiger charge is -2.31. The van der Waals surface area contributed by atoms with Crippen LogP contribution < -0.4 is 0 Å². The number of aliphatic hydroxyl groups excluding tert-OH is 1. The van der Waals surface area contributed by atoms with Crippen LogP contribution in [0.5, 0.6) is 0 Å². The molecule has 0 fully saturated rings. The van der Waals surface area contributed by atoms with Crippen molar-refractivity contribution < 1.29 is 5.11 Å². The summed E-state index contributed by atoms with van der Waals surface area (Å²) < 4.78 is 0. The van der Waals surface area contributed by atoms with Crippen LogP contribution in [0.25, 0.3) is 0 Å². The maximum Gasteiger partial charge on any atom is 0.0829 e. The van der Waals surface area contributed by atoms with Gasteiger partial charge in [0.1, 0.15) is 0 Å². The number of nitriles is 1. The molecule has 2 aromatic rings. The summed E-state index contributed by atoms with van der Waals surface area (Å²) in [6.45, 7) is 3.55. The van der Waals surface area contributed by atoms with Crippen LogP contribution in [0.3, 0.4) is 0 Å². The number of hydrogen-bond acceptors (Lipinski definition) is 2. The van der Waals surface area contributed by atoms with Crippen LogP contribution in [0.2, 0.25) is 0 Å². The third-order valence-corrected chi connectivity index (χ3v) is 3.66. The van der Waals surface area contributed by atoms with Gasteiger partial charge in [0.25, 0.3) is 0 Å². The normalized spacial score (nSPS) is 12.9. The second kappa shape index (κ2) is 5.90. The Morgan fingerprint density at radius 1 is 0.900 bits per heavy atom. The highest BCUT2D eigenvalue weighted by Crippen LogP contribution is 2.36. The third-order valence-electron chi connectivity index (χ3n) is 3.66. The predicted molar refractivity (Wildman–Crippen MR) is 80.1 cm³/mol. The van der Waals surface area contributed by atoms with E-state index < -0.39 is 11.5 Å². The van der Waals surface area contributed by atoms with Gasteiger partial charge in [-0.1, -0.05) is 60.7 Å². The quantitative estimate of drug-likeness (QED) is 0.915. The van der Waals surface area contributed by atoms with Crippen molar-refractivity contribution in [2.75, 3.05) is 0 Å². The van der Waals surface area contributed by atoms with Crippen molar-refractivity contribution >= 4 is 0 Å².